The number of nitrogens with one attached hydrogen (secondary N) is 1. The zero-order chi connectivity index (χ0) is 30.6. The second kappa shape index (κ2) is 13.6. The fraction of sp³-hybridized carbons (Fsp3) is 0.464. The first kappa shape index (κ1) is 31.3. The van der Waals surface area contributed by atoms with Gasteiger partial charge in [-0.1, -0.05) is 22.9 Å². The average Bonchev–Trinajstić information content (AvgIpc) is 3.46. The summed E-state index contributed by atoms with van der Waals surface area (Å²) in [4.78, 5) is 35.6. The van der Waals surface area contributed by atoms with Crippen molar-refractivity contribution in [3.63, 3.8) is 0 Å². The summed E-state index contributed by atoms with van der Waals surface area (Å²) in [5.74, 6) is 0.339. The van der Waals surface area contributed by atoms with Crippen molar-refractivity contribution in [1.29, 1.82) is 0 Å². The number of sulfonamides is 1. The van der Waals surface area contributed by atoms with Crippen molar-refractivity contribution in [2.24, 2.45) is 0 Å². The maximum absolute atomic E-state index is 13.1. The van der Waals surface area contributed by atoms with Crippen molar-refractivity contribution < 1.29 is 27.5 Å². The number of fused-ring (bicyclic) bond motifs is 1. The van der Waals surface area contributed by atoms with E-state index in [-0.39, 0.29) is 43.6 Å². The van der Waals surface area contributed by atoms with Gasteiger partial charge < -0.3 is 24.6 Å². The van der Waals surface area contributed by atoms with Gasteiger partial charge in [0.1, 0.15) is 5.52 Å². The van der Waals surface area contributed by atoms with Gasteiger partial charge in [-0.2, -0.15) is 4.31 Å². The molecule has 0 atom stereocenters. The predicted octanol–water partition coefficient (Wildman–Crippen LogP) is 2.97. The Morgan fingerprint density at radius 1 is 1.00 bits per heavy atom. The van der Waals surface area contributed by atoms with E-state index in [1.54, 1.807) is 25.4 Å². The van der Waals surface area contributed by atoms with Crippen LogP contribution in [0.15, 0.2) is 41.3 Å². The van der Waals surface area contributed by atoms with Crippen LogP contribution in [-0.2, 0) is 14.8 Å². The minimum absolute atomic E-state index is 0.112. The van der Waals surface area contributed by atoms with Crippen LogP contribution in [0.1, 0.15) is 17.3 Å². The molecular weight excluding hydrogens is 616 g/mol. The summed E-state index contributed by atoms with van der Waals surface area (Å²) < 4.78 is 39.0. The lowest BCUT2D eigenvalue weighted by Gasteiger charge is -2.34. The highest BCUT2D eigenvalue weighted by Crippen LogP contribution is 2.38. The van der Waals surface area contributed by atoms with Gasteiger partial charge in [-0.3, -0.25) is 9.69 Å². The number of rotatable bonds is 9. The van der Waals surface area contributed by atoms with Crippen LogP contribution in [0, 0.1) is 0 Å². The number of anilines is 1. The Labute approximate surface area is 260 Å². The monoisotopic (exact) mass is 650 g/mol. The summed E-state index contributed by atoms with van der Waals surface area (Å²) in [5, 5.41) is 4.41. The van der Waals surface area contributed by atoms with Gasteiger partial charge in [0, 0.05) is 71.0 Å². The second-order valence-corrected chi connectivity index (χ2v) is 13.5. The summed E-state index contributed by atoms with van der Waals surface area (Å²) in [6.07, 6.45) is -0.436. The first-order valence-corrected chi connectivity index (χ1v) is 16.7. The van der Waals surface area contributed by atoms with Crippen LogP contribution in [0.2, 0.25) is 5.02 Å². The third-order valence-electron chi connectivity index (χ3n) is 7.53. The average molecular weight is 651 g/mol. The SMILES string of the molecule is CCOC(=O)N1CCN(S(=O)(=O)c2ccc(C(=O)NCCN3CCN(c4nc5c(OC)c(Cl)ccc5s4)CC3)cc2)CC1. The van der Waals surface area contributed by atoms with E-state index in [4.69, 9.17) is 26.1 Å². The standard InChI is InChI=1S/C28H35ClN6O6S2/c1-3-41-28(37)34-16-18-35(19-17-34)43(38,39)21-6-4-20(5-7-21)26(36)30-10-11-32-12-14-33(15-13-32)27-31-24-23(42-27)9-8-22(29)25(24)40-2/h4-9H,3,10-19H2,1-2H3,(H,30,36). The highest BCUT2D eigenvalue weighted by atomic mass is 35.5. The molecule has 1 aromatic heterocycles. The number of piperazine rings is 2. The Balaban J connectivity index is 1.07. The van der Waals surface area contributed by atoms with Crippen LogP contribution in [0.5, 0.6) is 5.75 Å². The molecule has 2 aliphatic rings. The fourth-order valence-electron chi connectivity index (χ4n) is 5.11. The van der Waals surface area contributed by atoms with Crippen LogP contribution >= 0.6 is 22.9 Å². The number of benzene rings is 2. The molecule has 2 aromatic carbocycles. The maximum Gasteiger partial charge on any atom is 0.409 e. The Morgan fingerprint density at radius 2 is 1.70 bits per heavy atom. The minimum Gasteiger partial charge on any atom is -0.493 e. The molecule has 1 N–H and O–H groups in total. The summed E-state index contributed by atoms with van der Waals surface area (Å²) in [7, 11) is -2.14. The molecule has 15 heteroatoms. The molecule has 43 heavy (non-hydrogen) atoms. The summed E-state index contributed by atoms with van der Waals surface area (Å²) in [5.41, 5.74) is 1.17. The smallest absolute Gasteiger partial charge is 0.409 e. The Kier molecular flexibility index (Phi) is 9.92. The zero-order valence-corrected chi connectivity index (χ0v) is 26.5. The molecule has 3 heterocycles. The van der Waals surface area contributed by atoms with E-state index >= 15 is 0 Å². The van der Waals surface area contributed by atoms with Gasteiger partial charge in [-0.05, 0) is 43.3 Å². The molecule has 2 saturated heterocycles. The lowest BCUT2D eigenvalue weighted by atomic mass is 10.2. The summed E-state index contributed by atoms with van der Waals surface area (Å²) in [6.45, 7) is 7.38. The van der Waals surface area contributed by atoms with E-state index in [9.17, 15) is 18.0 Å². The number of ether oxygens (including phenoxy) is 2. The number of nitrogens with zero attached hydrogens (tertiary/aromatic N) is 5. The first-order chi connectivity index (χ1) is 20.7. The molecule has 5 rings (SSSR count). The van der Waals surface area contributed by atoms with Crippen molar-refractivity contribution in [2.45, 2.75) is 11.8 Å². The number of amides is 2. The molecule has 2 fully saturated rings. The number of thiazole rings is 1. The van der Waals surface area contributed by atoms with Crippen molar-refractivity contribution in [3.8, 4) is 5.75 Å². The van der Waals surface area contributed by atoms with E-state index in [0.717, 1.165) is 41.5 Å². The molecule has 2 amide bonds. The van der Waals surface area contributed by atoms with Gasteiger partial charge in [0.05, 0.1) is 28.3 Å². The van der Waals surface area contributed by atoms with Crippen molar-refractivity contribution in [1.82, 2.24) is 24.4 Å². The molecule has 3 aromatic rings. The number of carbonyl (C=O) groups excluding carboxylic acids is 2. The molecule has 0 bridgehead atoms. The third kappa shape index (κ3) is 6.99. The first-order valence-electron chi connectivity index (χ1n) is 14.1. The van der Waals surface area contributed by atoms with Crippen LogP contribution in [0.3, 0.4) is 0 Å². The van der Waals surface area contributed by atoms with Crippen LogP contribution in [0.4, 0.5) is 9.93 Å². The summed E-state index contributed by atoms with van der Waals surface area (Å²) >= 11 is 7.87. The van der Waals surface area contributed by atoms with Gasteiger partial charge in [-0.15, -0.1) is 0 Å². The van der Waals surface area contributed by atoms with E-state index in [1.807, 2.05) is 12.1 Å². The van der Waals surface area contributed by atoms with Crippen LogP contribution in [0.25, 0.3) is 10.2 Å². The van der Waals surface area contributed by atoms with Crippen LogP contribution < -0.4 is 15.0 Å². The quantitative estimate of drug-likeness (QED) is 0.372. The Bertz CT molecular complexity index is 1550. The lowest BCUT2D eigenvalue weighted by molar-refractivity contribution is 0.0932. The second-order valence-electron chi connectivity index (χ2n) is 10.1. The van der Waals surface area contributed by atoms with Gasteiger partial charge in [0.15, 0.2) is 10.9 Å². The molecule has 0 unspecified atom stereocenters. The fourth-order valence-corrected chi connectivity index (χ4v) is 7.78. The number of hydrogen-bond donors (Lipinski definition) is 1. The van der Waals surface area contributed by atoms with Gasteiger partial charge in [-0.25, -0.2) is 18.2 Å². The zero-order valence-electron chi connectivity index (χ0n) is 24.1. The number of hydrogen-bond acceptors (Lipinski definition) is 10. The molecule has 0 saturated carbocycles. The van der Waals surface area contributed by atoms with E-state index < -0.39 is 16.1 Å². The van der Waals surface area contributed by atoms with Crippen molar-refractivity contribution in [2.75, 3.05) is 84.1 Å². The normalized spacial score (nSPS) is 16.8. The largest absolute Gasteiger partial charge is 0.493 e. The highest BCUT2D eigenvalue weighted by molar-refractivity contribution is 7.89. The maximum atomic E-state index is 13.1. The molecule has 2 aliphatic heterocycles. The van der Waals surface area contributed by atoms with Crippen LogP contribution in [-0.4, -0.2) is 119 Å². The van der Waals surface area contributed by atoms with Gasteiger partial charge in [0.2, 0.25) is 10.0 Å². The van der Waals surface area contributed by atoms with E-state index in [1.165, 1.54) is 33.5 Å². The molecule has 232 valence electrons. The topological polar surface area (TPSA) is 125 Å². The van der Waals surface area contributed by atoms with E-state index in [2.05, 4.69) is 15.1 Å². The lowest BCUT2D eigenvalue weighted by Crippen LogP contribution is -2.50. The molecule has 0 radical (unpaired) electrons. The number of methoxy groups -OCH3 is 1. The Morgan fingerprint density at radius 3 is 2.35 bits per heavy atom. The molecular formula is C28H35ClN6O6S2. The van der Waals surface area contributed by atoms with Crippen molar-refractivity contribution >= 4 is 60.3 Å². The van der Waals surface area contributed by atoms with Gasteiger partial charge in [0.25, 0.3) is 5.91 Å². The summed E-state index contributed by atoms with van der Waals surface area (Å²) in [6, 6.07) is 9.74. The Hall–Kier alpha value is -3.17. The molecule has 0 spiro atoms. The highest BCUT2D eigenvalue weighted by Gasteiger charge is 2.30. The minimum atomic E-state index is -3.74. The number of aromatic nitrogens is 1. The van der Waals surface area contributed by atoms with Gasteiger partial charge >= 0.3 is 6.09 Å². The third-order valence-corrected chi connectivity index (χ3v) is 10.8. The predicted molar refractivity (Wildman–Crippen MR) is 166 cm³/mol. The molecule has 0 aliphatic carbocycles. The van der Waals surface area contributed by atoms with Crippen molar-refractivity contribution in [3.05, 3.63) is 47.0 Å². The number of carbonyl (C=O) groups is 2. The molecule has 12 nitrogen and oxygen atoms in total. The van der Waals surface area contributed by atoms with E-state index in [0.29, 0.717) is 29.4 Å². The number of halogens is 1.